The van der Waals surface area contributed by atoms with E-state index in [1.54, 1.807) is 0 Å². The van der Waals surface area contributed by atoms with Crippen LogP contribution in [-0.2, 0) is 19.7 Å². The lowest BCUT2D eigenvalue weighted by atomic mass is 10.2. The number of rotatable bonds is 3. The van der Waals surface area contributed by atoms with Gasteiger partial charge in [-0.05, 0) is 30.7 Å². The molecule has 1 atom stereocenters. The van der Waals surface area contributed by atoms with E-state index in [9.17, 15) is 21.6 Å². The maximum absolute atomic E-state index is 12.2. The van der Waals surface area contributed by atoms with Gasteiger partial charge in [-0.25, -0.2) is 21.6 Å². The average Bonchev–Trinajstić information content (AvgIpc) is 2.70. The number of hydrogen-bond donors (Lipinski definition) is 1. The van der Waals surface area contributed by atoms with Crippen LogP contribution in [0, 0.1) is 0 Å². The highest BCUT2D eigenvalue weighted by atomic mass is 32.2. The minimum absolute atomic E-state index is 0.0157. The van der Waals surface area contributed by atoms with E-state index in [1.165, 1.54) is 24.3 Å². The molecule has 1 unspecified atom stereocenters. The van der Waals surface area contributed by atoms with Gasteiger partial charge in [-0.15, -0.1) is 0 Å². The molecule has 0 aromatic heterocycles. The Bertz CT molecular complexity index is 700. The Morgan fingerprint density at radius 1 is 1.21 bits per heavy atom. The highest BCUT2D eigenvalue weighted by Crippen LogP contribution is 2.25. The molecule has 1 aliphatic rings. The van der Waals surface area contributed by atoms with Crippen LogP contribution in [0.15, 0.2) is 29.2 Å². The van der Waals surface area contributed by atoms with Gasteiger partial charge in [-0.3, -0.25) is 0 Å². The first-order chi connectivity index (χ1) is 8.72. The fourth-order valence-electron chi connectivity index (χ4n) is 1.99. The van der Waals surface area contributed by atoms with E-state index in [4.69, 9.17) is 5.11 Å². The summed E-state index contributed by atoms with van der Waals surface area (Å²) < 4.78 is 47.0. The first-order valence-electron chi connectivity index (χ1n) is 5.50. The van der Waals surface area contributed by atoms with Crippen LogP contribution in [0.3, 0.4) is 0 Å². The fourth-order valence-corrected chi connectivity index (χ4v) is 6.34. The molecule has 0 radical (unpaired) electrons. The van der Waals surface area contributed by atoms with Crippen LogP contribution in [0.1, 0.15) is 16.8 Å². The second-order valence-electron chi connectivity index (χ2n) is 4.40. The zero-order valence-corrected chi connectivity index (χ0v) is 11.4. The fraction of sp³-hybridized carbons (Fsp3) is 0.364. The summed E-state index contributed by atoms with van der Waals surface area (Å²) in [6.45, 7) is 0. The van der Waals surface area contributed by atoms with Gasteiger partial charge in [0.25, 0.3) is 0 Å². The topological polar surface area (TPSA) is 106 Å². The molecule has 104 valence electrons. The Morgan fingerprint density at radius 2 is 1.79 bits per heavy atom. The predicted molar refractivity (Wildman–Crippen MR) is 67.6 cm³/mol. The molecule has 1 N–H and O–H groups in total. The van der Waals surface area contributed by atoms with Crippen molar-refractivity contribution in [2.75, 3.05) is 11.5 Å². The molecular weight excluding hydrogens is 292 g/mol. The SMILES string of the molecule is O=C(O)c1ccc(S(=O)(=O)C2CCS(=O)(=O)C2)cc1. The van der Waals surface area contributed by atoms with Crippen LogP contribution < -0.4 is 0 Å². The van der Waals surface area contributed by atoms with Gasteiger partial charge in [-0.1, -0.05) is 0 Å². The normalized spacial score (nSPS) is 22.2. The number of sulfone groups is 2. The van der Waals surface area contributed by atoms with Crippen LogP contribution >= 0.6 is 0 Å². The molecule has 19 heavy (non-hydrogen) atoms. The van der Waals surface area contributed by atoms with Crippen molar-refractivity contribution < 1.29 is 26.7 Å². The molecule has 1 saturated heterocycles. The summed E-state index contributed by atoms with van der Waals surface area (Å²) in [6, 6.07) is 4.78. The monoisotopic (exact) mass is 304 g/mol. The molecule has 0 saturated carbocycles. The first kappa shape index (κ1) is 14.0. The number of benzene rings is 1. The van der Waals surface area contributed by atoms with Crippen LogP contribution in [0.2, 0.25) is 0 Å². The highest BCUT2D eigenvalue weighted by molar-refractivity contribution is 7.96. The van der Waals surface area contributed by atoms with Crippen molar-refractivity contribution in [3.63, 3.8) is 0 Å². The average molecular weight is 304 g/mol. The van der Waals surface area contributed by atoms with Gasteiger partial charge in [0.15, 0.2) is 19.7 Å². The Balaban J connectivity index is 2.33. The molecule has 0 aliphatic carbocycles. The van der Waals surface area contributed by atoms with E-state index in [-0.39, 0.29) is 28.4 Å². The van der Waals surface area contributed by atoms with Gasteiger partial charge in [0.05, 0.1) is 27.2 Å². The largest absolute Gasteiger partial charge is 0.478 e. The second-order valence-corrected chi connectivity index (χ2v) is 8.86. The van der Waals surface area contributed by atoms with E-state index in [2.05, 4.69) is 0 Å². The number of hydrogen-bond acceptors (Lipinski definition) is 5. The van der Waals surface area contributed by atoms with Crippen LogP contribution in [-0.4, -0.2) is 44.7 Å². The second kappa shape index (κ2) is 4.61. The molecule has 1 aromatic carbocycles. The lowest BCUT2D eigenvalue weighted by molar-refractivity contribution is 0.0696. The van der Waals surface area contributed by atoms with Gasteiger partial charge in [0.1, 0.15) is 0 Å². The van der Waals surface area contributed by atoms with Crippen molar-refractivity contribution >= 4 is 25.6 Å². The van der Waals surface area contributed by atoms with Crippen molar-refractivity contribution in [2.24, 2.45) is 0 Å². The Hall–Kier alpha value is -1.41. The molecule has 1 aromatic rings. The smallest absolute Gasteiger partial charge is 0.335 e. The summed E-state index contributed by atoms with van der Waals surface area (Å²) in [5.74, 6) is -1.63. The summed E-state index contributed by atoms with van der Waals surface area (Å²) in [5.41, 5.74) is -0.0157. The molecule has 0 spiro atoms. The summed E-state index contributed by atoms with van der Waals surface area (Å²) in [7, 11) is -7.01. The van der Waals surface area contributed by atoms with Crippen LogP contribution in [0.5, 0.6) is 0 Å². The summed E-state index contributed by atoms with van der Waals surface area (Å²) in [4.78, 5) is 10.6. The third-order valence-corrected chi connectivity index (χ3v) is 7.25. The Labute approximate surface area is 110 Å². The first-order valence-corrected chi connectivity index (χ1v) is 8.87. The van der Waals surface area contributed by atoms with Gasteiger partial charge in [-0.2, -0.15) is 0 Å². The van der Waals surface area contributed by atoms with Crippen LogP contribution in [0.4, 0.5) is 0 Å². The lowest BCUT2D eigenvalue weighted by Gasteiger charge is -2.10. The van der Waals surface area contributed by atoms with E-state index < -0.39 is 30.9 Å². The summed E-state index contributed by atoms with van der Waals surface area (Å²) >= 11 is 0. The molecule has 0 amide bonds. The van der Waals surface area contributed by atoms with E-state index in [0.717, 1.165) is 0 Å². The van der Waals surface area contributed by atoms with E-state index in [0.29, 0.717) is 0 Å². The van der Waals surface area contributed by atoms with Crippen molar-refractivity contribution in [1.82, 2.24) is 0 Å². The van der Waals surface area contributed by atoms with Gasteiger partial charge < -0.3 is 5.11 Å². The molecule has 6 nitrogen and oxygen atoms in total. The van der Waals surface area contributed by atoms with E-state index >= 15 is 0 Å². The van der Waals surface area contributed by atoms with Gasteiger partial charge in [0, 0.05) is 0 Å². The zero-order valence-electron chi connectivity index (χ0n) is 9.81. The maximum Gasteiger partial charge on any atom is 0.335 e. The summed E-state index contributed by atoms with van der Waals surface area (Å²) in [5, 5.41) is 7.79. The Kier molecular flexibility index (Phi) is 3.40. The molecule has 2 rings (SSSR count). The molecule has 8 heteroatoms. The van der Waals surface area contributed by atoms with Crippen molar-refractivity contribution in [3.05, 3.63) is 29.8 Å². The zero-order chi connectivity index (χ0) is 14.3. The minimum atomic E-state index is -3.72. The standard InChI is InChI=1S/C11H12O6S2/c12-11(13)8-1-3-9(4-2-8)19(16,17)10-5-6-18(14,15)7-10/h1-4,10H,5-7H2,(H,12,13). The quantitative estimate of drug-likeness (QED) is 0.863. The van der Waals surface area contributed by atoms with Crippen LogP contribution in [0.25, 0.3) is 0 Å². The third kappa shape index (κ3) is 2.79. The number of aromatic carboxylic acids is 1. The van der Waals surface area contributed by atoms with Crippen molar-refractivity contribution in [2.45, 2.75) is 16.6 Å². The molecular formula is C11H12O6S2. The van der Waals surface area contributed by atoms with Crippen molar-refractivity contribution in [1.29, 1.82) is 0 Å². The molecule has 1 aliphatic heterocycles. The maximum atomic E-state index is 12.2. The third-order valence-electron chi connectivity index (χ3n) is 3.06. The minimum Gasteiger partial charge on any atom is -0.478 e. The number of carboxylic acids is 1. The lowest BCUT2D eigenvalue weighted by Crippen LogP contribution is -2.22. The molecule has 1 fully saturated rings. The summed E-state index contributed by atoms with van der Waals surface area (Å²) in [6.07, 6.45) is 0.0886. The molecule has 1 heterocycles. The number of carbonyl (C=O) groups is 1. The van der Waals surface area contributed by atoms with E-state index in [1.807, 2.05) is 0 Å². The number of carboxylic acid groups (broad SMARTS) is 1. The Morgan fingerprint density at radius 3 is 2.21 bits per heavy atom. The van der Waals surface area contributed by atoms with Gasteiger partial charge in [0.2, 0.25) is 0 Å². The van der Waals surface area contributed by atoms with Gasteiger partial charge >= 0.3 is 5.97 Å². The highest BCUT2D eigenvalue weighted by Gasteiger charge is 2.37. The predicted octanol–water partition coefficient (Wildman–Crippen LogP) is 0.346. The molecule has 0 bridgehead atoms. The van der Waals surface area contributed by atoms with Crippen molar-refractivity contribution in [3.8, 4) is 0 Å².